The molecule has 0 aliphatic heterocycles. The Hall–Kier alpha value is -1.79. The van der Waals surface area contributed by atoms with E-state index in [0.717, 1.165) is 0 Å². The Labute approximate surface area is 92.9 Å². The maximum absolute atomic E-state index is 11.1. The summed E-state index contributed by atoms with van der Waals surface area (Å²) >= 11 is 0. The van der Waals surface area contributed by atoms with Gasteiger partial charge in [0.05, 0.1) is 13.0 Å². The lowest BCUT2D eigenvalue weighted by atomic mass is 10.2. The molecule has 7 heteroatoms. The zero-order valence-electron chi connectivity index (χ0n) is 9.23. The van der Waals surface area contributed by atoms with Crippen LogP contribution in [0.4, 0.5) is 4.79 Å². The highest BCUT2D eigenvalue weighted by molar-refractivity contribution is 5.86. The van der Waals surface area contributed by atoms with Gasteiger partial charge in [-0.1, -0.05) is 13.8 Å². The second-order valence-corrected chi connectivity index (χ2v) is 3.70. The molecule has 1 atom stereocenters. The molecule has 7 nitrogen and oxygen atoms in total. The summed E-state index contributed by atoms with van der Waals surface area (Å²) < 4.78 is 4.70. The number of ether oxygens (including phenoxy) is 1. The number of rotatable bonds is 6. The number of hydrogen-bond donors (Lipinski definition) is 3. The topological polar surface area (TPSA) is 119 Å². The largest absolute Gasteiger partial charge is 0.480 e. The summed E-state index contributed by atoms with van der Waals surface area (Å²) in [5, 5.41) is 10.7. The van der Waals surface area contributed by atoms with Gasteiger partial charge >= 0.3 is 12.1 Å². The van der Waals surface area contributed by atoms with Crippen LogP contribution in [0.2, 0.25) is 0 Å². The summed E-state index contributed by atoms with van der Waals surface area (Å²) in [6, 6.07) is -1.35. The fourth-order valence-electron chi connectivity index (χ4n) is 0.828. The van der Waals surface area contributed by atoms with E-state index in [2.05, 4.69) is 0 Å². The standard InChI is InChI=1S/C9H16N2O5/c1-5(2)4-16-9(15)11-6(8(13)14)3-7(10)12/h5-6H,3-4H2,1-2H3,(H2,10,12)(H,11,15)(H,13,14)/t6-/m0/s1. The molecule has 16 heavy (non-hydrogen) atoms. The molecule has 0 heterocycles. The van der Waals surface area contributed by atoms with Crippen LogP contribution in [0, 0.1) is 5.92 Å². The Kier molecular flexibility index (Phi) is 5.91. The number of nitrogens with one attached hydrogen (secondary N) is 1. The van der Waals surface area contributed by atoms with Crippen molar-refractivity contribution in [3.8, 4) is 0 Å². The average Bonchev–Trinajstić information content (AvgIpc) is 2.12. The first-order valence-electron chi connectivity index (χ1n) is 4.77. The van der Waals surface area contributed by atoms with Gasteiger partial charge in [0.15, 0.2) is 0 Å². The van der Waals surface area contributed by atoms with E-state index in [4.69, 9.17) is 15.6 Å². The first kappa shape index (κ1) is 14.2. The maximum Gasteiger partial charge on any atom is 0.407 e. The van der Waals surface area contributed by atoms with E-state index in [9.17, 15) is 14.4 Å². The lowest BCUT2D eigenvalue weighted by Crippen LogP contribution is -2.43. The Morgan fingerprint density at radius 3 is 2.31 bits per heavy atom. The van der Waals surface area contributed by atoms with E-state index in [-0.39, 0.29) is 12.5 Å². The number of aliphatic carboxylic acids is 1. The quantitative estimate of drug-likeness (QED) is 0.580. The molecule has 0 aromatic carbocycles. The van der Waals surface area contributed by atoms with Crippen molar-refractivity contribution in [1.82, 2.24) is 5.32 Å². The van der Waals surface area contributed by atoms with Gasteiger partial charge in [0.25, 0.3) is 0 Å². The van der Waals surface area contributed by atoms with Crippen LogP contribution in [0.3, 0.4) is 0 Å². The van der Waals surface area contributed by atoms with Crippen LogP contribution >= 0.6 is 0 Å². The molecule has 0 fully saturated rings. The fourth-order valence-corrected chi connectivity index (χ4v) is 0.828. The molecule has 0 saturated heterocycles. The molecule has 0 aromatic heterocycles. The number of carbonyl (C=O) groups is 3. The minimum absolute atomic E-state index is 0.144. The summed E-state index contributed by atoms with van der Waals surface area (Å²) in [5.41, 5.74) is 4.83. The number of carbonyl (C=O) groups excluding carboxylic acids is 2. The highest BCUT2D eigenvalue weighted by Gasteiger charge is 2.22. The summed E-state index contributed by atoms with van der Waals surface area (Å²) in [7, 11) is 0. The molecule has 0 aliphatic carbocycles. The predicted octanol–water partition coefficient (Wildman–Crippen LogP) is -0.303. The lowest BCUT2D eigenvalue weighted by molar-refractivity contribution is -0.141. The molecule has 0 aliphatic rings. The second kappa shape index (κ2) is 6.65. The van der Waals surface area contributed by atoms with E-state index in [1.807, 2.05) is 19.2 Å². The second-order valence-electron chi connectivity index (χ2n) is 3.70. The minimum atomic E-state index is -1.35. The molecule has 0 saturated carbocycles. The third-order valence-corrected chi connectivity index (χ3v) is 1.54. The Balaban J connectivity index is 4.13. The van der Waals surface area contributed by atoms with E-state index < -0.39 is 30.4 Å². The van der Waals surface area contributed by atoms with Crippen molar-refractivity contribution in [3.05, 3.63) is 0 Å². The first-order valence-corrected chi connectivity index (χ1v) is 4.77. The predicted molar refractivity (Wildman–Crippen MR) is 54.6 cm³/mol. The Bertz CT molecular complexity index is 277. The van der Waals surface area contributed by atoms with Crippen molar-refractivity contribution >= 4 is 18.0 Å². The Morgan fingerprint density at radius 2 is 1.94 bits per heavy atom. The third kappa shape index (κ3) is 6.63. The number of nitrogens with two attached hydrogens (primary N) is 1. The monoisotopic (exact) mass is 232 g/mol. The van der Waals surface area contributed by atoms with Crippen LogP contribution in [0.1, 0.15) is 20.3 Å². The molecule has 0 spiro atoms. The van der Waals surface area contributed by atoms with Gasteiger partial charge in [-0.15, -0.1) is 0 Å². The van der Waals surface area contributed by atoms with Gasteiger partial charge in [-0.2, -0.15) is 0 Å². The molecular formula is C9H16N2O5. The van der Waals surface area contributed by atoms with Gasteiger partial charge in [-0.25, -0.2) is 9.59 Å². The van der Waals surface area contributed by atoms with Gasteiger partial charge in [0.2, 0.25) is 5.91 Å². The van der Waals surface area contributed by atoms with Gasteiger partial charge in [-0.05, 0) is 5.92 Å². The van der Waals surface area contributed by atoms with Crippen molar-refractivity contribution in [1.29, 1.82) is 0 Å². The van der Waals surface area contributed by atoms with Crippen molar-refractivity contribution in [2.75, 3.05) is 6.61 Å². The van der Waals surface area contributed by atoms with Crippen LogP contribution < -0.4 is 11.1 Å². The van der Waals surface area contributed by atoms with Gasteiger partial charge in [0, 0.05) is 0 Å². The lowest BCUT2D eigenvalue weighted by Gasteiger charge is -2.13. The third-order valence-electron chi connectivity index (χ3n) is 1.54. The smallest absolute Gasteiger partial charge is 0.407 e. The number of hydrogen-bond acceptors (Lipinski definition) is 4. The molecule has 92 valence electrons. The van der Waals surface area contributed by atoms with Crippen molar-refractivity contribution < 1.29 is 24.2 Å². The Morgan fingerprint density at radius 1 is 1.38 bits per heavy atom. The van der Waals surface area contributed by atoms with Crippen LogP contribution in [-0.4, -0.2) is 35.7 Å². The van der Waals surface area contributed by atoms with Gasteiger partial charge < -0.3 is 20.9 Å². The maximum atomic E-state index is 11.1. The summed E-state index contributed by atoms with van der Waals surface area (Å²) in [4.78, 5) is 32.3. The van der Waals surface area contributed by atoms with E-state index in [1.165, 1.54) is 0 Å². The summed E-state index contributed by atoms with van der Waals surface area (Å²) in [5.74, 6) is -2.00. The highest BCUT2D eigenvalue weighted by atomic mass is 16.5. The van der Waals surface area contributed by atoms with Crippen molar-refractivity contribution in [3.63, 3.8) is 0 Å². The molecule has 0 radical (unpaired) electrons. The fraction of sp³-hybridized carbons (Fsp3) is 0.667. The van der Waals surface area contributed by atoms with E-state index in [1.54, 1.807) is 0 Å². The van der Waals surface area contributed by atoms with E-state index in [0.29, 0.717) is 0 Å². The number of alkyl carbamates (subject to hydrolysis) is 1. The van der Waals surface area contributed by atoms with Crippen molar-refractivity contribution in [2.45, 2.75) is 26.3 Å². The molecule has 0 aromatic rings. The highest BCUT2D eigenvalue weighted by Crippen LogP contribution is 1.96. The molecule has 0 bridgehead atoms. The van der Waals surface area contributed by atoms with Gasteiger partial charge in [-0.3, -0.25) is 4.79 Å². The summed E-state index contributed by atoms with van der Waals surface area (Å²) in [6.07, 6.45) is -1.34. The number of primary amides is 1. The van der Waals surface area contributed by atoms with Crippen LogP contribution in [0.5, 0.6) is 0 Å². The first-order chi connectivity index (χ1) is 7.32. The molecule has 4 N–H and O–H groups in total. The average molecular weight is 232 g/mol. The number of amides is 2. The van der Waals surface area contributed by atoms with Crippen molar-refractivity contribution in [2.24, 2.45) is 11.7 Å². The van der Waals surface area contributed by atoms with E-state index >= 15 is 0 Å². The van der Waals surface area contributed by atoms with Crippen LogP contribution in [-0.2, 0) is 14.3 Å². The van der Waals surface area contributed by atoms with Crippen LogP contribution in [0.15, 0.2) is 0 Å². The zero-order chi connectivity index (χ0) is 12.7. The zero-order valence-corrected chi connectivity index (χ0v) is 9.23. The molecular weight excluding hydrogens is 216 g/mol. The van der Waals surface area contributed by atoms with Crippen LogP contribution in [0.25, 0.3) is 0 Å². The van der Waals surface area contributed by atoms with Gasteiger partial charge in [0.1, 0.15) is 6.04 Å². The number of carboxylic acids is 1. The molecule has 2 amide bonds. The normalized spacial score (nSPS) is 11.9. The summed E-state index contributed by atoms with van der Waals surface area (Å²) in [6.45, 7) is 3.85. The minimum Gasteiger partial charge on any atom is -0.480 e. The molecule has 0 rings (SSSR count). The number of carboxylic acid groups (broad SMARTS) is 1. The molecule has 0 unspecified atom stereocenters. The SMILES string of the molecule is CC(C)COC(=O)N[C@@H](CC(N)=O)C(=O)O.